The molecule has 1 fully saturated rings. The van der Waals surface area contributed by atoms with Crippen LogP contribution in [-0.2, 0) is 0 Å². The molecule has 0 atom stereocenters. The van der Waals surface area contributed by atoms with Crippen LogP contribution in [0.3, 0.4) is 0 Å². The first kappa shape index (κ1) is 13.5. The van der Waals surface area contributed by atoms with Gasteiger partial charge in [0.2, 0.25) is 0 Å². The predicted molar refractivity (Wildman–Crippen MR) is 76.7 cm³/mol. The van der Waals surface area contributed by atoms with Crippen molar-refractivity contribution in [2.45, 2.75) is 19.8 Å². The number of hydrogen-bond donors (Lipinski definition) is 2. The molecule has 1 aliphatic rings. The van der Waals surface area contributed by atoms with Crippen LogP contribution >= 0.6 is 11.6 Å². The summed E-state index contributed by atoms with van der Waals surface area (Å²) in [5.41, 5.74) is 1.07. The first-order valence-corrected chi connectivity index (χ1v) is 7.04. The van der Waals surface area contributed by atoms with Gasteiger partial charge in [0.1, 0.15) is 5.75 Å². The third-order valence-corrected chi connectivity index (χ3v) is 3.58. The van der Waals surface area contributed by atoms with Crippen molar-refractivity contribution in [1.82, 2.24) is 5.32 Å². The van der Waals surface area contributed by atoms with Crippen molar-refractivity contribution in [3.05, 3.63) is 23.2 Å². The fraction of sp³-hybridized carbons (Fsp3) is 0.571. The standard InChI is InChI=1S/C14H21ClN2O/c1-2-18-14-4-3-12(9-13(14)15)17-10-11-5-7-16-8-6-11/h3-4,9,11,16-17H,2,5-8,10H2,1H3. The molecule has 3 nitrogen and oxygen atoms in total. The molecular weight excluding hydrogens is 248 g/mol. The second-order valence-corrected chi connectivity index (χ2v) is 5.06. The summed E-state index contributed by atoms with van der Waals surface area (Å²) in [4.78, 5) is 0. The van der Waals surface area contributed by atoms with Gasteiger partial charge in [-0.25, -0.2) is 0 Å². The van der Waals surface area contributed by atoms with Gasteiger partial charge < -0.3 is 15.4 Å². The highest BCUT2D eigenvalue weighted by Crippen LogP contribution is 2.28. The Morgan fingerprint density at radius 2 is 2.17 bits per heavy atom. The van der Waals surface area contributed by atoms with Crippen LogP contribution < -0.4 is 15.4 Å². The average molecular weight is 269 g/mol. The van der Waals surface area contributed by atoms with Crippen LogP contribution in [0.5, 0.6) is 5.75 Å². The van der Waals surface area contributed by atoms with Gasteiger partial charge in [-0.15, -0.1) is 0 Å². The highest BCUT2D eigenvalue weighted by molar-refractivity contribution is 6.32. The minimum Gasteiger partial charge on any atom is -0.492 e. The van der Waals surface area contributed by atoms with E-state index in [0.29, 0.717) is 11.6 Å². The van der Waals surface area contributed by atoms with Crippen LogP contribution in [0.15, 0.2) is 18.2 Å². The molecule has 0 aromatic heterocycles. The van der Waals surface area contributed by atoms with Crippen molar-refractivity contribution in [3.63, 3.8) is 0 Å². The Morgan fingerprint density at radius 3 is 2.83 bits per heavy atom. The molecule has 0 bridgehead atoms. The largest absolute Gasteiger partial charge is 0.492 e. The zero-order chi connectivity index (χ0) is 12.8. The molecule has 0 unspecified atom stereocenters. The van der Waals surface area contributed by atoms with Crippen molar-refractivity contribution < 1.29 is 4.74 Å². The Kier molecular flexibility index (Phi) is 5.14. The fourth-order valence-corrected chi connectivity index (χ4v) is 2.47. The highest BCUT2D eigenvalue weighted by Gasteiger charge is 2.12. The van der Waals surface area contributed by atoms with Gasteiger partial charge in [-0.3, -0.25) is 0 Å². The number of piperidine rings is 1. The summed E-state index contributed by atoms with van der Waals surface area (Å²) in [5, 5.41) is 7.51. The van der Waals surface area contributed by atoms with Crippen molar-refractivity contribution in [3.8, 4) is 5.75 Å². The van der Waals surface area contributed by atoms with E-state index in [0.717, 1.165) is 37.0 Å². The number of rotatable bonds is 5. The van der Waals surface area contributed by atoms with Gasteiger partial charge in [-0.2, -0.15) is 0 Å². The molecule has 0 aliphatic carbocycles. The smallest absolute Gasteiger partial charge is 0.138 e. The minimum absolute atomic E-state index is 0.640. The zero-order valence-corrected chi connectivity index (χ0v) is 11.6. The lowest BCUT2D eigenvalue weighted by atomic mass is 9.98. The second-order valence-electron chi connectivity index (χ2n) is 4.65. The summed E-state index contributed by atoms with van der Waals surface area (Å²) >= 11 is 6.15. The number of benzene rings is 1. The van der Waals surface area contributed by atoms with E-state index in [4.69, 9.17) is 16.3 Å². The van der Waals surface area contributed by atoms with Crippen molar-refractivity contribution in [1.29, 1.82) is 0 Å². The van der Waals surface area contributed by atoms with E-state index in [1.807, 2.05) is 25.1 Å². The van der Waals surface area contributed by atoms with Gasteiger partial charge in [0.25, 0.3) is 0 Å². The zero-order valence-electron chi connectivity index (χ0n) is 10.8. The Bertz CT molecular complexity index is 378. The number of nitrogens with one attached hydrogen (secondary N) is 2. The Hall–Kier alpha value is -0.930. The summed E-state index contributed by atoms with van der Waals surface area (Å²) in [6, 6.07) is 5.89. The minimum atomic E-state index is 0.640. The van der Waals surface area contributed by atoms with E-state index in [9.17, 15) is 0 Å². The second kappa shape index (κ2) is 6.86. The lowest BCUT2D eigenvalue weighted by Gasteiger charge is -2.23. The Morgan fingerprint density at radius 1 is 1.39 bits per heavy atom. The molecule has 1 aromatic carbocycles. The summed E-state index contributed by atoms with van der Waals surface area (Å²) in [6.07, 6.45) is 2.50. The van der Waals surface area contributed by atoms with Crippen LogP contribution in [0.4, 0.5) is 5.69 Å². The maximum atomic E-state index is 6.15. The summed E-state index contributed by atoms with van der Waals surface area (Å²) in [5.74, 6) is 1.52. The molecular formula is C14H21ClN2O. The molecule has 2 rings (SSSR count). The van der Waals surface area contributed by atoms with Crippen molar-refractivity contribution in [2.75, 3.05) is 31.6 Å². The monoisotopic (exact) mass is 268 g/mol. The van der Waals surface area contributed by atoms with Gasteiger partial charge in [0.15, 0.2) is 0 Å². The predicted octanol–water partition coefficient (Wildman–Crippen LogP) is 3.15. The van der Waals surface area contributed by atoms with E-state index in [-0.39, 0.29) is 0 Å². The molecule has 0 amide bonds. The SMILES string of the molecule is CCOc1ccc(NCC2CCNCC2)cc1Cl. The molecule has 1 heterocycles. The number of anilines is 1. The Labute approximate surface area is 114 Å². The number of hydrogen-bond acceptors (Lipinski definition) is 3. The normalized spacial score (nSPS) is 16.6. The van der Waals surface area contributed by atoms with Crippen LogP contribution in [0.1, 0.15) is 19.8 Å². The molecule has 0 spiro atoms. The molecule has 1 aromatic rings. The van der Waals surface area contributed by atoms with Crippen LogP contribution in [0.25, 0.3) is 0 Å². The Balaban J connectivity index is 1.87. The summed E-state index contributed by atoms with van der Waals surface area (Å²) in [7, 11) is 0. The van der Waals surface area contributed by atoms with Gasteiger partial charge >= 0.3 is 0 Å². The summed E-state index contributed by atoms with van der Waals surface area (Å²) < 4.78 is 5.42. The molecule has 4 heteroatoms. The third kappa shape index (κ3) is 3.79. The highest BCUT2D eigenvalue weighted by atomic mass is 35.5. The molecule has 100 valence electrons. The van der Waals surface area contributed by atoms with Crippen LogP contribution in [-0.4, -0.2) is 26.2 Å². The molecule has 0 saturated carbocycles. The summed E-state index contributed by atoms with van der Waals surface area (Å²) in [6.45, 7) is 5.89. The topological polar surface area (TPSA) is 33.3 Å². The van der Waals surface area contributed by atoms with Gasteiger partial charge in [0.05, 0.1) is 11.6 Å². The van der Waals surface area contributed by atoms with Gasteiger partial charge in [-0.05, 0) is 57.0 Å². The maximum Gasteiger partial charge on any atom is 0.138 e. The van der Waals surface area contributed by atoms with E-state index >= 15 is 0 Å². The number of ether oxygens (including phenoxy) is 1. The lowest BCUT2D eigenvalue weighted by molar-refractivity contribution is 0.340. The van der Waals surface area contributed by atoms with Crippen LogP contribution in [0, 0.1) is 5.92 Å². The van der Waals surface area contributed by atoms with E-state index in [1.165, 1.54) is 12.8 Å². The molecule has 0 radical (unpaired) electrons. The third-order valence-electron chi connectivity index (χ3n) is 3.29. The lowest BCUT2D eigenvalue weighted by Crippen LogP contribution is -2.31. The van der Waals surface area contributed by atoms with Crippen LogP contribution in [0.2, 0.25) is 5.02 Å². The van der Waals surface area contributed by atoms with E-state index in [1.54, 1.807) is 0 Å². The van der Waals surface area contributed by atoms with Crippen molar-refractivity contribution in [2.24, 2.45) is 5.92 Å². The molecule has 1 saturated heterocycles. The van der Waals surface area contributed by atoms with E-state index in [2.05, 4.69) is 10.6 Å². The van der Waals surface area contributed by atoms with Gasteiger partial charge in [0, 0.05) is 12.2 Å². The molecule has 1 aliphatic heterocycles. The molecule has 2 N–H and O–H groups in total. The van der Waals surface area contributed by atoms with Gasteiger partial charge in [-0.1, -0.05) is 11.6 Å². The first-order valence-electron chi connectivity index (χ1n) is 6.66. The fourth-order valence-electron chi connectivity index (χ4n) is 2.23. The van der Waals surface area contributed by atoms with E-state index < -0.39 is 0 Å². The molecule has 18 heavy (non-hydrogen) atoms. The van der Waals surface area contributed by atoms with Crippen molar-refractivity contribution >= 4 is 17.3 Å². The quantitative estimate of drug-likeness (QED) is 0.861. The first-order chi connectivity index (χ1) is 8.79. The maximum absolute atomic E-state index is 6.15. The average Bonchev–Trinajstić information content (AvgIpc) is 2.41. The number of halogens is 1.